The summed E-state index contributed by atoms with van der Waals surface area (Å²) >= 11 is 5.69. The Hall–Kier alpha value is -1.98. The van der Waals surface area contributed by atoms with E-state index < -0.39 is 0 Å². The molecule has 1 atom stereocenters. The molecule has 1 aromatic carbocycles. The molecular formula is C19H25N3OS. The third kappa shape index (κ3) is 4.76. The number of nitrogens with zero attached hydrogens (tertiary/aromatic N) is 2. The van der Waals surface area contributed by atoms with Crippen LogP contribution in [0.4, 0.5) is 5.69 Å². The molecule has 5 heteroatoms. The summed E-state index contributed by atoms with van der Waals surface area (Å²) in [4.78, 5) is 6.35. The fourth-order valence-electron chi connectivity index (χ4n) is 2.52. The van der Waals surface area contributed by atoms with Crippen LogP contribution in [0.25, 0.3) is 0 Å². The van der Waals surface area contributed by atoms with Gasteiger partial charge in [-0.1, -0.05) is 18.2 Å². The fourth-order valence-corrected chi connectivity index (χ4v) is 2.88. The first kappa shape index (κ1) is 18.4. The molecule has 1 heterocycles. The third-order valence-corrected chi connectivity index (χ3v) is 4.40. The summed E-state index contributed by atoms with van der Waals surface area (Å²) in [7, 11) is 1.70. The second kappa shape index (κ2) is 8.76. The Labute approximate surface area is 149 Å². The van der Waals surface area contributed by atoms with Crippen LogP contribution < -0.4 is 5.32 Å². The number of ether oxygens (including phenoxy) is 1. The first-order valence-electron chi connectivity index (χ1n) is 8.06. The topological polar surface area (TPSA) is 37.4 Å². The van der Waals surface area contributed by atoms with E-state index in [9.17, 15) is 0 Å². The molecule has 2 aromatic rings. The predicted molar refractivity (Wildman–Crippen MR) is 103 cm³/mol. The van der Waals surface area contributed by atoms with Gasteiger partial charge in [0.1, 0.15) is 0 Å². The number of nitrogens with one attached hydrogen (secondary N) is 1. The van der Waals surface area contributed by atoms with Crippen molar-refractivity contribution in [1.82, 2.24) is 9.88 Å². The number of pyridine rings is 1. The van der Waals surface area contributed by atoms with Crippen LogP contribution >= 0.6 is 12.2 Å². The van der Waals surface area contributed by atoms with Crippen LogP contribution in [-0.2, 0) is 4.74 Å². The molecule has 2 rings (SSSR count). The Kier molecular flexibility index (Phi) is 6.70. The minimum absolute atomic E-state index is 0.110. The van der Waals surface area contributed by atoms with Crippen molar-refractivity contribution in [2.24, 2.45) is 0 Å². The number of benzene rings is 1. The summed E-state index contributed by atoms with van der Waals surface area (Å²) in [6.07, 6.45) is 3.66. The average molecular weight is 343 g/mol. The number of methoxy groups -OCH3 is 1. The summed E-state index contributed by atoms with van der Waals surface area (Å²) in [5, 5.41) is 4.08. The largest absolute Gasteiger partial charge is 0.383 e. The van der Waals surface area contributed by atoms with Gasteiger partial charge in [-0.25, -0.2) is 0 Å². The monoisotopic (exact) mass is 343 g/mol. The van der Waals surface area contributed by atoms with E-state index in [-0.39, 0.29) is 6.04 Å². The number of aromatic nitrogens is 1. The zero-order chi connectivity index (χ0) is 17.5. The lowest BCUT2D eigenvalue weighted by atomic mass is 10.1. The molecule has 0 aliphatic heterocycles. The van der Waals surface area contributed by atoms with Crippen molar-refractivity contribution in [2.45, 2.75) is 26.8 Å². The maximum absolute atomic E-state index is 5.69. The minimum atomic E-state index is 0.110. The minimum Gasteiger partial charge on any atom is -0.383 e. The fraction of sp³-hybridized carbons (Fsp3) is 0.368. The molecule has 0 saturated heterocycles. The lowest BCUT2D eigenvalue weighted by molar-refractivity contribution is 0.165. The standard InChI is InChI=1S/C19H25N3OS/c1-14-7-8-15(2)18(12-14)21-19(24)22(10-11-23-4)16(3)17-6-5-9-20-13-17/h5-9,12-13,16H,10-11H2,1-4H3,(H,21,24). The number of hydrogen-bond acceptors (Lipinski definition) is 3. The third-order valence-electron chi connectivity index (χ3n) is 4.07. The van der Waals surface area contributed by atoms with Crippen LogP contribution in [0.2, 0.25) is 0 Å². The van der Waals surface area contributed by atoms with Crippen molar-refractivity contribution in [3.8, 4) is 0 Å². The average Bonchev–Trinajstić information content (AvgIpc) is 2.59. The van der Waals surface area contributed by atoms with E-state index in [0.717, 1.165) is 11.3 Å². The molecule has 0 bridgehead atoms. The van der Waals surface area contributed by atoms with Crippen LogP contribution in [0.15, 0.2) is 42.7 Å². The van der Waals surface area contributed by atoms with E-state index in [4.69, 9.17) is 17.0 Å². The molecule has 1 N–H and O–H groups in total. The van der Waals surface area contributed by atoms with Gasteiger partial charge >= 0.3 is 0 Å². The predicted octanol–water partition coefficient (Wildman–Crippen LogP) is 4.10. The Morgan fingerprint density at radius 1 is 1.33 bits per heavy atom. The van der Waals surface area contributed by atoms with Crippen molar-refractivity contribution in [3.63, 3.8) is 0 Å². The first-order valence-corrected chi connectivity index (χ1v) is 8.47. The van der Waals surface area contributed by atoms with Crippen molar-refractivity contribution in [3.05, 3.63) is 59.4 Å². The van der Waals surface area contributed by atoms with Gasteiger partial charge in [-0.3, -0.25) is 4.98 Å². The zero-order valence-corrected chi connectivity index (χ0v) is 15.6. The molecule has 0 aliphatic rings. The molecule has 0 spiro atoms. The highest BCUT2D eigenvalue weighted by atomic mass is 32.1. The summed E-state index contributed by atoms with van der Waals surface area (Å²) in [5.41, 5.74) is 4.54. The van der Waals surface area contributed by atoms with E-state index in [1.54, 1.807) is 13.3 Å². The normalized spacial score (nSPS) is 11.8. The number of aryl methyl sites for hydroxylation is 2. The molecule has 24 heavy (non-hydrogen) atoms. The van der Waals surface area contributed by atoms with Gasteiger partial charge in [0, 0.05) is 31.7 Å². The van der Waals surface area contributed by atoms with Crippen LogP contribution in [-0.4, -0.2) is 35.3 Å². The molecule has 4 nitrogen and oxygen atoms in total. The molecule has 0 radical (unpaired) electrons. The smallest absolute Gasteiger partial charge is 0.174 e. The van der Waals surface area contributed by atoms with Crippen LogP contribution in [0.1, 0.15) is 29.7 Å². The van der Waals surface area contributed by atoms with Crippen molar-refractivity contribution in [1.29, 1.82) is 0 Å². The molecule has 1 unspecified atom stereocenters. The summed E-state index contributed by atoms with van der Waals surface area (Å²) in [5.74, 6) is 0. The second-order valence-corrected chi connectivity index (χ2v) is 6.28. The SMILES string of the molecule is COCCN(C(=S)Nc1cc(C)ccc1C)C(C)c1cccnc1. The Bertz CT molecular complexity index is 676. The van der Waals surface area contributed by atoms with Gasteiger partial charge in [0.25, 0.3) is 0 Å². The van der Waals surface area contributed by atoms with Crippen LogP contribution in [0.5, 0.6) is 0 Å². The van der Waals surface area contributed by atoms with Gasteiger partial charge in [0.15, 0.2) is 5.11 Å². The zero-order valence-electron chi connectivity index (χ0n) is 14.7. The lowest BCUT2D eigenvalue weighted by Crippen LogP contribution is -2.39. The Morgan fingerprint density at radius 2 is 2.12 bits per heavy atom. The first-order chi connectivity index (χ1) is 11.5. The quantitative estimate of drug-likeness (QED) is 0.799. The molecule has 0 fully saturated rings. The Morgan fingerprint density at radius 3 is 2.79 bits per heavy atom. The van der Waals surface area contributed by atoms with Gasteiger partial charge in [-0.2, -0.15) is 0 Å². The van der Waals surface area contributed by atoms with E-state index in [1.807, 2.05) is 12.3 Å². The molecule has 0 saturated carbocycles. The van der Waals surface area contributed by atoms with Crippen molar-refractivity contribution in [2.75, 3.05) is 25.6 Å². The van der Waals surface area contributed by atoms with E-state index in [2.05, 4.69) is 60.2 Å². The molecular weight excluding hydrogens is 318 g/mol. The molecule has 1 aromatic heterocycles. The van der Waals surface area contributed by atoms with E-state index in [1.165, 1.54) is 11.1 Å². The highest BCUT2D eigenvalue weighted by molar-refractivity contribution is 7.80. The van der Waals surface area contributed by atoms with E-state index >= 15 is 0 Å². The van der Waals surface area contributed by atoms with Crippen molar-refractivity contribution < 1.29 is 4.74 Å². The highest BCUT2D eigenvalue weighted by Gasteiger charge is 2.19. The summed E-state index contributed by atoms with van der Waals surface area (Å²) in [6, 6.07) is 10.4. The number of rotatable bonds is 6. The summed E-state index contributed by atoms with van der Waals surface area (Å²) in [6.45, 7) is 7.61. The van der Waals surface area contributed by atoms with Crippen LogP contribution in [0.3, 0.4) is 0 Å². The number of thiocarbonyl (C=S) groups is 1. The maximum atomic E-state index is 5.69. The summed E-state index contributed by atoms with van der Waals surface area (Å²) < 4.78 is 5.26. The van der Waals surface area contributed by atoms with Gasteiger partial charge in [0.2, 0.25) is 0 Å². The molecule has 128 valence electrons. The second-order valence-electron chi connectivity index (χ2n) is 5.90. The van der Waals surface area contributed by atoms with Gasteiger partial charge < -0.3 is 15.0 Å². The number of hydrogen-bond donors (Lipinski definition) is 1. The highest BCUT2D eigenvalue weighted by Crippen LogP contribution is 2.22. The van der Waals surface area contributed by atoms with Crippen LogP contribution in [0, 0.1) is 13.8 Å². The van der Waals surface area contributed by atoms with Gasteiger partial charge in [-0.05, 0) is 61.8 Å². The lowest BCUT2D eigenvalue weighted by Gasteiger charge is -2.32. The van der Waals surface area contributed by atoms with E-state index in [0.29, 0.717) is 18.3 Å². The molecule has 0 aliphatic carbocycles. The number of anilines is 1. The van der Waals surface area contributed by atoms with Gasteiger partial charge in [0.05, 0.1) is 12.6 Å². The maximum Gasteiger partial charge on any atom is 0.174 e. The van der Waals surface area contributed by atoms with Crippen molar-refractivity contribution >= 4 is 23.0 Å². The molecule has 0 amide bonds. The Balaban J connectivity index is 2.20. The van der Waals surface area contributed by atoms with Gasteiger partial charge in [-0.15, -0.1) is 0 Å².